The topological polar surface area (TPSA) is 71.5 Å². The van der Waals surface area contributed by atoms with E-state index in [1.54, 1.807) is 4.90 Å². The zero-order chi connectivity index (χ0) is 19.5. The molecule has 0 saturated carbocycles. The maximum atomic E-state index is 12.5. The van der Waals surface area contributed by atoms with Crippen LogP contribution in [0.2, 0.25) is 0 Å². The van der Waals surface area contributed by atoms with Crippen molar-refractivity contribution in [2.24, 2.45) is 0 Å². The van der Waals surface area contributed by atoms with Crippen molar-refractivity contribution in [2.75, 3.05) is 25.0 Å². The van der Waals surface area contributed by atoms with Gasteiger partial charge in [0.25, 0.3) is 0 Å². The number of hydrogen-bond acceptors (Lipinski definition) is 5. The Labute approximate surface area is 164 Å². The average molecular weight is 390 g/mol. The molecule has 2 amide bonds. The van der Waals surface area contributed by atoms with Gasteiger partial charge in [0.15, 0.2) is 5.13 Å². The SMILES string of the molecule is CCCCCN(CC(=O)Nc1nc(C)cs1)C(=O)COCc1ccccc1. The van der Waals surface area contributed by atoms with Crippen LogP contribution in [0.5, 0.6) is 0 Å². The van der Waals surface area contributed by atoms with Gasteiger partial charge in [0.05, 0.1) is 18.8 Å². The number of carbonyl (C=O) groups excluding carboxylic acids is 2. The fraction of sp³-hybridized carbons (Fsp3) is 0.450. The Hall–Kier alpha value is -2.25. The van der Waals surface area contributed by atoms with Crippen molar-refractivity contribution < 1.29 is 14.3 Å². The lowest BCUT2D eigenvalue weighted by Gasteiger charge is -2.22. The maximum Gasteiger partial charge on any atom is 0.249 e. The highest BCUT2D eigenvalue weighted by molar-refractivity contribution is 7.13. The van der Waals surface area contributed by atoms with E-state index in [2.05, 4.69) is 17.2 Å². The summed E-state index contributed by atoms with van der Waals surface area (Å²) in [6.45, 7) is 4.87. The van der Waals surface area contributed by atoms with E-state index in [-0.39, 0.29) is 25.0 Å². The molecule has 0 unspecified atom stereocenters. The van der Waals surface area contributed by atoms with Crippen molar-refractivity contribution in [2.45, 2.75) is 39.7 Å². The summed E-state index contributed by atoms with van der Waals surface area (Å²) in [5.74, 6) is -0.412. The van der Waals surface area contributed by atoms with Gasteiger partial charge in [-0.05, 0) is 18.9 Å². The fourth-order valence-corrected chi connectivity index (χ4v) is 3.21. The first-order valence-corrected chi connectivity index (χ1v) is 10.1. The molecule has 0 atom stereocenters. The van der Waals surface area contributed by atoms with Gasteiger partial charge in [0.2, 0.25) is 11.8 Å². The number of ether oxygens (including phenoxy) is 1. The van der Waals surface area contributed by atoms with Crippen LogP contribution in [-0.4, -0.2) is 41.4 Å². The molecule has 146 valence electrons. The molecule has 0 spiro atoms. The Kier molecular flexibility index (Phi) is 8.94. The number of nitrogens with zero attached hydrogens (tertiary/aromatic N) is 2. The molecule has 0 aliphatic heterocycles. The van der Waals surface area contributed by atoms with E-state index in [0.717, 1.165) is 30.5 Å². The van der Waals surface area contributed by atoms with Gasteiger partial charge < -0.3 is 15.0 Å². The van der Waals surface area contributed by atoms with E-state index in [1.165, 1.54) is 11.3 Å². The zero-order valence-corrected chi connectivity index (χ0v) is 16.8. The van der Waals surface area contributed by atoms with Crippen LogP contribution in [0.25, 0.3) is 0 Å². The first kappa shape index (κ1) is 21.1. The maximum absolute atomic E-state index is 12.5. The molecule has 1 aromatic carbocycles. The van der Waals surface area contributed by atoms with Crippen LogP contribution >= 0.6 is 11.3 Å². The molecule has 0 bridgehead atoms. The summed E-state index contributed by atoms with van der Waals surface area (Å²) in [5, 5.41) is 5.18. The Bertz CT molecular complexity index is 718. The first-order chi connectivity index (χ1) is 13.1. The summed E-state index contributed by atoms with van der Waals surface area (Å²) in [5.41, 5.74) is 1.88. The third-order valence-electron chi connectivity index (χ3n) is 3.92. The Morgan fingerprint density at radius 2 is 2.00 bits per heavy atom. The molecule has 7 heteroatoms. The number of thiazole rings is 1. The largest absolute Gasteiger partial charge is 0.367 e. The molecule has 0 aliphatic carbocycles. The summed E-state index contributed by atoms with van der Waals surface area (Å²) in [6, 6.07) is 9.71. The van der Waals surface area contributed by atoms with Crippen LogP contribution in [-0.2, 0) is 20.9 Å². The lowest BCUT2D eigenvalue weighted by atomic mass is 10.2. The van der Waals surface area contributed by atoms with E-state index in [9.17, 15) is 9.59 Å². The lowest BCUT2D eigenvalue weighted by Crippen LogP contribution is -2.40. The van der Waals surface area contributed by atoms with Crippen LogP contribution in [0.1, 0.15) is 37.4 Å². The molecular weight excluding hydrogens is 362 g/mol. The Morgan fingerprint density at radius 3 is 2.67 bits per heavy atom. The van der Waals surface area contributed by atoms with E-state index < -0.39 is 0 Å². The van der Waals surface area contributed by atoms with Crippen molar-refractivity contribution in [3.63, 3.8) is 0 Å². The number of hydrogen-bond donors (Lipinski definition) is 1. The highest BCUT2D eigenvalue weighted by atomic mass is 32.1. The second kappa shape index (κ2) is 11.5. The van der Waals surface area contributed by atoms with Crippen molar-refractivity contribution in [3.05, 3.63) is 47.0 Å². The van der Waals surface area contributed by atoms with Gasteiger partial charge in [-0.3, -0.25) is 9.59 Å². The predicted octanol–water partition coefficient (Wildman–Crippen LogP) is 3.63. The van der Waals surface area contributed by atoms with Gasteiger partial charge in [0, 0.05) is 11.9 Å². The summed E-state index contributed by atoms with van der Waals surface area (Å²) in [7, 11) is 0. The van der Waals surface area contributed by atoms with Gasteiger partial charge >= 0.3 is 0 Å². The number of unbranched alkanes of at least 4 members (excludes halogenated alkanes) is 2. The molecule has 1 aromatic heterocycles. The van der Waals surface area contributed by atoms with Crippen molar-refractivity contribution in [1.29, 1.82) is 0 Å². The monoisotopic (exact) mass is 389 g/mol. The summed E-state index contributed by atoms with van der Waals surface area (Å²) >= 11 is 1.38. The highest BCUT2D eigenvalue weighted by Crippen LogP contribution is 2.14. The number of amides is 2. The summed E-state index contributed by atoms with van der Waals surface area (Å²) < 4.78 is 5.54. The molecule has 2 rings (SSSR count). The Balaban J connectivity index is 1.85. The van der Waals surface area contributed by atoms with Crippen LogP contribution in [0.15, 0.2) is 35.7 Å². The van der Waals surface area contributed by atoms with Gasteiger partial charge in [-0.25, -0.2) is 4.98 Å². The van der Waals surface area contributed by atoms with Gasteiger partial charge in [-0.1, -0.05) is 50.1 Å². The first-order valence-electron chi connectivity index (χ1n) is 9.20. The number of benzene rings is 1. The molecule has 0 fully saturated rings. The molecule has 0 saturated heterocycles. The predicted molar refractivity (Wildman–Crippen MR) is 108 cm³/mol. The molecule has 0 aliphatic rings. The molecule has 2 aromatic rings. The average Bonchev–Trinajstić information content (AvgIpc) is 3.06. The molecule has 6 nitrogen and oxygen atoms in total. The van der Waals surface area contributed by atoms with E-state index in [4.69, 9.17) is 4.74 Å². The smallest absolute Gasteiger partial charge is 0.249 e. The number of aryl methyl sites for hydroxylation is 1. The van der Waals surface area contributed by atoms with Crippen molar-refractivity contribution >= 4 is 28.3 Å². The van der Waals surface area contributed by atoms with Crippen LogP contribution < -0.4 is 5.32 Å². The minimum atomic E-state index is -0.239. The third kappa shape index (κ3) is 7.88. The summed E-state index contributed by atoms with van der Waals surface area (Å²) in [4.78, 5) is 30.6. The van der Waals surface area contributed by atoms with Crippen molar-refractivity contribution in [1.82, 2.24) is 9.88 Å². The fourth-order valence-electron chi connectivity index (χ4n) is 2.51. The van der Waals surface area contributed by atoms with Crippen molar-refractivity contribution in [3.8, 4) is 0 Å². The highest BCUT2D eigenvalue weighted by Gasteiger charge is 2.18. The van der Waals surface area contributed by atoms with Gasteiger partial charge in [-0.15, -0.1) is 11.3 Å². The minimum absolute atomic E-state index is 0.00979. The molecule has 1 N–H and O–H groups in total. The van der Waals surface area contributed by atoms with E-state index >= 15 is 0 Å². The number of carbonyl (C=O) groups is 2. The second-order valence-corrected chi connectivity index (χ2v) is 7.20. The molecular formula is C20H27N3O3S. The third-order valence-corrected chi connectivity index (χ3v) is 4.80. The number of anilines is 1. The van der Waals surface area contributed by atoms with E-state index in [0.29, 0.717) is 18.3 Å². The lowest BCUT2D eigenvalue weighted by molar-refractivity contribution is -0.139. The second-order valence-electron chi connectivity index (χ2n) is 6.34. The number of aromatic nitrogens is 1. The minimum Gasteiger partial charge on any atom is -0.367 e. The zero-order valence-electron chi connectivity index (χ0n) is 15.9. The molecule has 27 heavy (non-hydrogen) atoms. The van der Waals surface area contributed by atoms with Gasteiger partial charge in [0.1, 0.15) is 6.61 Å². The summed E-state index contributed by atoms with van der Waals surface area (Å²) in [6.07, 6.45) is 2.93. The molecule has 1 heterocycles. The molecule has 0 radical (unpaired) electrons. The number of nitrogens with one attached hydrogen (secondary N) is 1. The standard InChI is InChI=1S/C20H27N3O3S/c1-3-4-8-11-23(12-18(24)22-20-21-16(2)15-27-20)19(25)14-26-13-17-9-6-5-7-10-17/h5-7,9-10,15H,3-4,8,11-14H2,1-2H3,(H,21,22,24). The quantitative estimate of drug-likeness (QED) is 0.596. The van der Waals surface area contributed by atoms with Crippen LogP contribution in [0.3, 0.4) is 0 Å². The van der Waals surface area contributed by atoms with Crippen LogP contribution in [0, 0.1) is 6.92 Å². The Morgan fingerprint density at radius 1 is 1.22 bits per heavy atom. The number of rotatable bonds is 11. The normalized spacial score (nSPS) is 10.6. The van der Waals surface area contributed by atoms with Crippen LogP contribution in [0.4, 0.5) is 5.13 Å². The van der Waals surface area contributed by atoms with E-state index in [1.807, 2.05) is 42.6 Å². The van der Waals surface area contributed by atoms with Gasteiger partial charge in [-0.2, -0.15) is 0 Å².